The molecule has 1 aromatic heterocycles. The third kappa shape index (κ3) is 6.30. The smallest absolute Gasteiger partial charge is 0.404 e. The number of thiazole rings is 1. The molecule has 0 spiro atoms. The monoisotopic (exact) mass is 494 g/mol. The molecule has 2 aromatic rings. The first kappa shape index (κ1) is 25.1. The number of sulfonamides is 1. The van der Waals surface area contributed by atoms with E-state index >= 15 is 0 Å². The van der Waals surface area contributed by atoms with Crippen LogP contribution in [0.2, 0.25) is 0 Å². The van der Waals surface area contributed by atoms with Gasteiger partial charge in [-0.15, -0.1) is 11.3 Å². The fourth-order valence-corrected chi connectivity index (χ4v) is 6.44. The lowest BCUT2D eigenvalue weighted by Crippen LogP contribution is -2.36. The number of rotatable bonds is 8. The van der Waals surface area contributed by atoms with Gasteiger partial charge in [-0.25, -0.2) is 22.9 Å². The number of amides is 2. The first-order chi connectivity index (χ1) is 15.6. The Labute approximate surface area is 198 Å². The molecule has 11 heteroatoms. The van der Waals surface area contributed by atoms with E-state index in [0.29, 0.717) is 10.4 Å². The van der Waals surface area contributed by atoms with Gasteiger partial charge < -0.3 is 15.7 Å². The quantitative estimate of drug-likeness (QED) is 0.443. The van der Waals surface area contributed by atoms with Crippen molar-refractivity contribution in [2.24, 2.45) is 0 Å². The summed E-state index contributed by atoms with van der Waals surface area (Å²) >= 11 is 1.44. The molecule has 0 aliphatic heterocycles. The molecule has 0 unspecified atom stereocenters. The van der Waals surface area contributed by atoms with E-state index in [1.807, 2.05) is 13.8 Å². The van der Waals surface area contributed by atoms with Gasteiger partial charge in [-0.3, -0.25) is 4.79 Å². The van der Waals surface area contributed by atoms with Crippen molar-refractivity contribution in [3.8, 4) is 10.4 Å². The fraction of sp³-hybridized carbons (Fsp3) is 0.500. The van der Waals surface area contributed by atoms with Crippen molar-refractivity contribution in [3.05, 3.63) is 35.0 Å². The molecule has 1 aromatic carbocycles. The third-order valence-corrected chi connectivity index (χ3v) is 8.26. The Kier molecular flexibility index (Phi) is 8.09. The molecule has 1 fully saturated rings. The topological polar surface area (TPSA) is 137 Å². The fourth-order valence-electron chi connectivity index (χ4n) is 3.96. The number of nitrogens with one attached hydrogen (secondary N) is 3. The van der Waals surface area contributed by atoms with Gasteiger partial charge in [-0.2, -0.15) is 0 Å². The molecule has 0 bridgehead atoms. The second-order valence-electron chi connectivity index (χ2n) is 8.40. The Bertz CT molecular complexity index is 1110. The van der Waals surface area contributed by atoms with E-state index in [9.17, 15) is 18.0 Å². The maximum atomic E-state index is 12.9. The molecule has 4 N–H and O–H groups in total. The molecule has 0 radical (unpaired) electrons. The first-order valence-electron chi connectivity index (χ1n) is 11.0. The summed E-state index contributed by atoms with van der Waals surface area (Å²) in [6.45, 7) is 5.61. The highest BCUT2D eigenvalue weighted by Crippen LogP contribution is 2.39. The van der Waals surface area contributed by atoms with Gasteiger partial charge in [0.2, 0.25) is 10.0 Å². The molecule has 1 aliphatic carbocycles. The second-order valence-corrected chi connectivity index (χ2v) is 11.2. The van der Waals surface area contributed by atoms with Gasteiger partial charge >= 0.3 is 6.09 Å². The van der Waals surface area contributed by atoms with E-state index in [1.165, 1.54) is 17.4 Å². The van der Waals surface area contributed by atoms with Crippen LogP contribution in [0.25, 0.3) is 10.4 Å². The molecule has 1 aliphatic rings. The molecule has 0 atom stereocenters. The van der Waals surface area contributed by atoms with Crippen LogP contribution in [0.4, 0.5) is 4.79 Å². The van der Waals surface area contributed by atoms with E-state index in [0.717, 1.165) is 30.7 Å². The predicted octanol–water partition coefficient (Wildman–Crippen LogP) is 3.54. The van der Waals surface area contributed by atoms with Crippen molar-refractivity contribution in [1.29, 1.82) is 0 Å². The molecule has 3 rings (SSSR count). The van der Waals surface area contributed by atoms with E-state index < -0.39 is 16.1 Å². The average Bonchev–Trinajstić information content (AvgIpc) is 3.23. The number of carbonyl (C=O) groups excluding carboxylic acids is 1. The zero-order valence-corrected chi connectivity index (χ0v) is 20.6. The number of benzene rings is 1. The number of hydrogen-bond donors (Lipinski definition) is 4. The largest absolute Gasteiger partial charge is 0.465 e. The Morgan fingerprint density at radius 1 is 1.21 bits per heavy atom. The maximum absolute atomic E-state index is 12.9. The van der Waals surface area contributed by atoms with Crippen LogP contribution in [0.1, 0.15) is 67.7 Å². The number of carboxylic acid groups (broad SMARTS) is 1. The van der Waals surface area contributed by atoms with Crippen LogP contribution < -0.4 is 15.4 Å². The summed E-state index contributed by atoms with van der Waals surface area (Å²) in [5.74, 6) is -0.123. The number of aromatic nitrogens is 1. The van der Waals surface area contributed by atoms with Gasteiger partial charge in [0.15, 0.2) is 0 Å². The van der Waals surface area contributed by atoms with E-state index in [1.54, 1.807) is 25.3 Å². The number of carbonyl (C=O) groups is 2. The van der Waals surface area contributed by atoms with E-state index in [-0.39, 0.29) is 40.9 Å². The van der Waals surface area contributed by atoms with Crippen molar-refractivity contribution >= 4 is 33.4 Å². The minimum Gasteiger partial charge on any atom is -0.465 e. The van der Waals surface area contributed by atoms with E-state index in [2.05, 4.69) is 20.3 Å². The Balaban J connectivity index is 1.89. The van der Waals surface area contributed by atoms with Gasteiger partial charge in [0, 0.05) is 41.9 Å². The molecule has 0 saturated heterocycles. The number of nitrogens with zero attached hydrogens (tertiary/aromatic N) is 1. The summed E-state index contributed by atoms with van der Waals surface area (Å²) in [6.07, 6.45) is 3.78. The van der Waals surface area contributed by atoms with E-state index in [4.69, 9.17) is 5.11 Å². The summed E-state index contributed by atoms with van der Waals surface area (Å²) in [7, 11) is -3.82. The van der Waals surface area contributed by atoms with Crippen molar-refractivity contribution in [3.63, 3.8) is 0 Å². The predicted molar refractivity (Wildman–Crippen MR) is 127 cm³/mol. The van der Waals surface area contributed by atoms with Crippen LogP contribution in [0, 0.1) is 0 Å². The lowest BCUT2D eigenvalue weighted by atomic mass is 9.86. The van der Waals surface area contributed by atoms with Gasteiger partial charge in [-0.1, -0.05) is 13.0 Å². The Morgan fingerprint density at radius 3 is 2.52 bits per heavy atom. The summed E-state index contributed by atoms with van der Waals surface area (Å²) < 4.78 is 28.4. The van der Waals surface area contributed by atoms with Crippen molar-refractivity contribution in [1.82, 2.24) is 20.3 Å². The highest BCUT2D eigenvalue weighted by atomic mass is 32.2. The molecular weight excluding hydrogens is 464 g/mol. The molecule has 9 nitrogen and oxygen atoms in total. The molecule has 180 valence electrons. The van der Waals surface area contributed by atoms with Gasteiger partial charge in [0.05, 0.1) is 14.8 Å². The lowest BCUT2D eigenvalue weighted by Gasteiger charge is -2.27. The average molecular weight is 495 g/mol. The zero-order valence-electron chi connectivity index (χ0n) is 18.9. The van der Waals surface area contributed by atoms with Crippen LogP contribution >= 0.6 is 11.3 Å². The van der Waals surface area contributed by atoms with Crippen molar-refractivity contribution in [2.45, 2.75) is 69.4 Å². The van der Waals surface area contributed by atoms with Gasteiger partial charge in [0.1, 0.15) is 0 Å². The van der Waals surface area contributed by atoms with Crippen LogP contribution in [0.5, 0.6) is 0 Å². The minimum absolute atomic E-state index is 0.0421. The first-order valence-corrected chi connectivity index (χ1v) is 13.3. The lowest BCUT2D eigenvalue weighted by molar-refractivity contribution is 0.0943. The maximum Gasteiger partial charge on any atom is 0.404 e. The summed E-state index contributed by atoms with van der Waals surface area (Å²) in [4.78, 5) is 28.6. The van der Waals surface area contributed by atoms with Crippen LogP contribution in [0.3, 0.4) is 0 Å². The molecule has 1 saturated carbocycles. The summed E-state index contributed by atoms with van der Waals surface area (Å²) in [5, 5.41) is 15.1. The highest BCUT2D eigenvalue weighted by molar-refractivity contribution is 7.89. The van der Waals surface area contributed by atoms with Gasteiger partial charge in [0.25, 0.3) is 5.91 Å². The molecular formula is C22H30N4O5S2. The normalized spacial score (nSPS) is 18.8. The standard InChI is InChI=1S/C22H30N4O5S2/c1-4-24-33(30,31)19-11-15(20(27)25-13(2)3)7-10-17(19)18-12-23-21(32-18)14-5-8-16(9-6-14)26-22(28)29/h7,10-14,16,24,26H,4-6,8-9H2,1-3H3,(H,25,27)(H,28,29)/t14-,16-. The Morgan fingerprint density at radius 2 is 1.91 bits per heavy atom. The SMILES string of the molecule is CCNS(=O)(=O)c1cc(C(=O)NC(C)C)ccc1-c1cnc([C@H]2CC[C@H](NC(=O)O)CC2)s1. The van der Waals surface area contributed by atoms with Crippen molar-refractivity contribution in [2.75, 3.05) is 6.54 Å². The second kappa shape index (κ2) is 10.6. The summed E-state index contributed by atoms with van der Waals surface area (Å²) in [5.41, 5.74) is 0.778. The third-order valence-electron chi connectivity index (χ3n) is 5.48. The molecule has 33 heavy (non-hydrogen) atoms. The summed E-state index contributed by atoms with van der Waals surface area (Å²) in [6, 6.07) is 4.58. The molecule has 1 heterocycles. The number of hydrogen-bond acceptors (Lipinski definition) is 6. The Hall–Kier alpha value is -2.50. The zero-order chi connectivity index (χ0) is 24.2. The van der Waals surface area contributed by atoms with Crippen LogP contribution in [0.15, 0.2) is 29.3 Å². The van der Waals surface area contributed by atoms with Crippen molar-refractivity contribution < 1.29 is 23.1 Å². The minimum atomic E-state index is -3.82. The van der Waals surface area contributed by atoms with Crippen LogP contribution in [-0.2, 0) is 10.0 Å². The highest BCUT2D eigenvalue weighted by Gasteiger charge is 2.27. The van der Waals surface area contributed by atoms with Gasteiger partial charge in [-0.05, 0) is 51.7 Å². The molecule has 2 amide bonds. The van der Waals surface area contributed by atoms with Crippen LogP contribution in [-0.4, -0.2) is 49.1 Å².